The molecule has 1 aliphatic heterocycles. The fraction of sp³-hybridized carbons (Fsp3) is 0.842. The fourth-order valence-electron chi connectivity index (χ4n) is 3.71. The van der Waals surface area contributed by atoms with Crippen LogP contribution in [0.5, 0.6) is 0 Å². The molecule has 0 aliphatic carbocycles. The van der Waals surface area contributed by atoms with E-state index < -0.39 is 22.2 Å². The number of aliphatic hydroxyl groups is 1. The van der Waals surface area contributed by atoms with Gasteiger partial charge in [0.15, 0.2) is 22.2 Å². The Morgan fingerprint density at radius 3 is 2.04 bits per heavy atom. The Labute approximate surface area is 156 Å². The molecule has 2 atom stereocenters. The van der Waals surface area contributed by atoms with Crippen molar-refractivity contribution < 1.29 is 14.3 Å². The Morgan fingerprint density at radius 2 is 1.72 bits per heavy atom. The van der Waals surface area contributed by atoms with Gasteiger partial charge in [0.1, 0.15) is 0 Å². The maximum Gasteiger partial charge on any atom is 0.249 e. The number of β-lactam (4-membered cyclic amide) rings is 1. The number of nitrogens with zero attached hydrogens (tertiary/aromatic N) is 1. The fourth-order valence-corrected chi connectivity index (χ4v) is 9.20. The molecule has 1 N–H and O–H groups in total. The SMILES string of the molecule is C#CC[C@]1(O[Si](CC)(CC)CC)C(=O)N([Si](C)(C)C(C)(C)C)[C@H]1CO. The molecule has 0 radical (unpaired) electrons. The monoisotopic (exact) mass is 383 g/mol. The number of hydrogen-bond acceptors (Lipinski definition) is 3. The van der Waals surface area contributed by atoms with E-state index in [4.69, 9.17) is 10.8 Å². The normalized spacial score (nSPS) is 24.9. The number of amides is 1. The third kappa shape index (κ3) is 3.49. The highest BCUT2D eigenvalue weighted by atomic mass is 28.4. The molecular formula is C19H37NO3Si2. The van der Waals surface area contributed by atoms with E-state index in [0.29, 0.717) is 0 Å². The highest BCUT2D eigenvalue weighted by Crippen LogP contribution is 2.49. The van der Waals surface area contributed by atoms with Crippen LogP contribution >= 0.6 is 0 Å². The molecule has 1 fully saturated rings. The molecule has 6 heteroatoms. The quantitative estimate of drug-likeness (QED) is 0.392. The summed E-state index contributed by atoms with van der Waals surface area (Å²) < 4.78 is 8.62. The van der Waals surface area contributed by atoms with Gasteiger partial charge in [-0.2, -0.15) is 0 Å². The van der Waals surface area contributed by atoms with E-state index in [2.05, 4.69) is 60.6 Å². The second-order valence-corrected chi connectivity index (χ2v) is 18.6. The van der Waals surface area contributed by atoms with E-state index in [1.807, 2.05) is 4.57 Å². The molecule has 1 heterocycles. The first-order chi connectivity index (χ1) is 11.4. The van der Waals surface area contributed by atoms with Crippen molar-refractivity contribution in [1.82, 2.24) is 4.57 Å². The van der Waals surface area contributed by atoms with E-state index in [0.717, 1.165) is 18.1 Å². The van der Waals surface area contributed by atoms with Gasteiger partial charge >= 0.3 is 0 Å². The Balaban J connectivity index is 3.35. The zero-order valence-electron chi connectivity index (χ0n) is 17.4. The molecule has 0 saturated carbocycles. The van der Waals surface area contributed by atoms with Crippen LogP contribution in [0.25, 0.3) is 0 Å². The lowest BCUT2D eigenvalue weighted by Gasteiger charge is -2.64. The predicted octanol–water partition coefficient (Wildman–Crippen LogP) is 3.98. The number of aliphatic hydroxyl groups excluding tert-OH is 1. The molecule has 0 spiro atoms. The summed E-state index contributed by atoms with van der Waals surface area (Å²) in [4.78, 5) is 13.4. The molecule has 25 heavy (non-hydrogen) atoms. The van der Waals surface area contributed by atoms with Gasteiger partial charge < -0.3 is 14.1 Å². The largest absolute Gasteiger partial charge is 0.400 e. The Bertz CT molecular complexity index is 524. The molecule has 0 bridgehead atoms. The zero-order valence-corrected chi connectivity index (χ0v) is 19.4. The Morgan fingerprint density at radius 1 is 1.24 bits per heavy atom. The summed E-state index contributed by atoms with van der Waals surface area (Å²) in [5.74, 6) is 2.67. The van der Waals surface area contributed by atoms with Crippen LogP contribution in [0.15, 0.2) is 0 Å². The van der Waals surface area contributed by atoms with Gasteiger partial charge in [-0.15, -0.1) is 12.3 Å². The molecule has 0 aromatic rings. The number of carbonyl (C=O) groups is 1. The third-order valence-electron chi connectivity index (χ3n) is 6.74. The van der Waals surface area contributed by atoms with E-state index in [9.17, 15) is 9.90 Å². The minimum atomic E-state index is -2.10. The van der Waals surface area contributed by atoms with Gasteiger partial charge in [0, 0.05) is 6.42 Å². The molecular weight excluding hydrogens is 346 g/mol. The molecule has 0 aromatic carbocycles. The van der Waals surface area contributed by atoms with Crippen molar-refractivity contribution in [2.75, 3.05) is 6.61 Å². The predicted molar refractivity (Wildman–Crippen MR) is 109 cm³/mol. The smallest absolute Gasteiger partial charge is 0.249 e. The van der Waals surface area contributed by atoms with Gasteiger partial charge in [0.2, 0.25) is 5.91 Å². The van der Waals surface area contributed by atoms with Crippen molar-refractivity contribution in [3.8, 4) is 12.3 Å². The van der Waals surface area contributed by atoms with Gasteiger partial charge in [-0.3, -0.25) is 4.79 Å². The van der Waals surface area contributed by atoms with Gasteiger partial charge in [0.25, 0.3) is 0 Å². The lowest BCUT2D eigenvalue weighted by Crippen LogP contribution is -2.84. The summed E-state index contributed by atoms with van der Waals surface area (Å²) in [6, 6.07) is 2.54. The molecule has 0 aromatic heterocycles. The van der Waals surface area contributed by atoms with Crippen LogP contribution in [0, 0.1) is 12.3 Å². The number of rotatable bonds is 8. The van der Waals surface area contributed by atoms with Crippen LogP contribution in [0.3, 0.4) is 0 Å². The van der Waals surface area contributed by atoms with Crippen LogP contribution < -0.4 is 0 Å². The molecule has 1 aliphatic rings. The van der Waals surface area contributed by atoms with Crippen molar-refractivity contribution >= 4 is 22.5 Å². The number of terminal acetylenes is 1. The minimum absolute atomic E-state index is 0.00307. The molecule has 1 amide bonds. The molecule has 4 nitrogen and oxygen atoms in total. The summed E-state index contributed by atoms with van der Waals surface area (Å²) in [5.41, 5.74) is -1.02. The maximum atomic E-state index is 13.4. The Hall–Kier alpha value is -0.616. The average molecular weight is 384 g/mol. The van der Waals surface area contributed by atoms with Crippen LogP contribution in [0.2, 0.25) is 36.3 Å². The van der Waals surface area contributed by atoms with Gasteiger partial charge in [0.05, 0.1) is 12.6 Å². The molecule has 1 rings (SSSR count). The van der Waals surface area contributed by atoms with Crippen molar-refractivity contribution in [2.24, 2.45) is 0 Å². The summed E-state index contributed by atoms with van der Waals surface area (Å²) in [7, 11) is -4.13. The third-order valence-corrected chi connectivity index (χ3v) is 16.8. The molecule has 144 valence electrons. The zero-order chi connectivity index (χ0) is 19.7. The second-order valence-electron chi connectivity index (χ2n) is 8.80. The minimum Gasteiger partial charge on any atom is -0.400 e. The average Bonchev–Trinajstić information content (AvgIpc) is 2.54. The van der Waals surface area contributed by atoms with Crippen LogP contribution in [-0.2, 0) is 9.22 Å². The van der Waals surface area contributed by atoms with E-state index in [-0.39, 0.29) is 30.0 Å². The summed E-state index contributed by atoms with van der Waals surface area (Å²) in [6.07, 6.45) is 5.88. The number of hydrogen-bond donors (Lipinski definition) is 1. The van der Waals surface area contributed by atoms with E-state index in [1.54, 1.807) is 0 Å². The van der Waals surface area contributed by atoms with Gasteiger partial charge in [-0.1, -0.05) is 54.6 Å². The summed E-state index contributed by atoms with van der Waals surface area (Å²) >= 11 is 0. The van der Waals surface area contributed by atoms with Crippen molar-refractivity contribution in [2.45, 2.75) is 95.9 Å². The summed E-state index contributed by atoms with van der Waals surface area (Å²) in [6.45, 7) is 17.2. The van der Waals surface area contributed by atoms with Crippen LogP contribution in [-0.4, -0.2) is 50.4 Å². The first-order valence-corrected chi connectivity index (χ1v) is 15.0. The van der Waals surface area contributed by atoms with Crippen LogP contribution in [0.4, 0.5) is 0 Å². The van der Waals surface area contributed by atoms with E-state index in [1.165, 1.54) is 0 Å². The first kappa shape index (κ1) is 22.4. The highest BCUT2D eigenvalue weighted by Gasteiger charge is 2.67. The summed E-state index contributed by atoms with van der Waals surface area (Å²) in [5, 5.41) is 10.2. The Kier molecular flexibility index (Phi) is 6.78. The lowest BCUT2D eigenvalue weighted by molar-refractivity contribution is -0.179. The lowest BCUT2D eigenvalue weighted by atomic mass is 9.82. The van der Waals surface area contributed by atoms with Crippen molar-refractivity contribution in [3.05, 3.63) is 0 Å². The maximum absolute atomic E-state index is 13.4. The standard InChI is InChI=1S/C19H37NO3Si2/c1-10-14-19(23-25(11-2,12-3)13-4)16(15-21)20(17(19)22)24(8,9)18(5,6)7/h1,16,21H,11-15H2,2-9H3/t16-,19+/m0/s1. The molecule has 1 saturated heterocycles. The van der Waals surface area contributed by atoms with E-state index >= 15 is 0 Å². The highest BCUT2D eigenvalue weighted by molar-refractivity contribution is 6.80. The van der Waals surface area contributed by atoms with Crippen LogP contribution in [0.1, 0.15) is 48.0 Å². The van der Waals surface area contributed by atoms with Gasteiger partial charge in [-0.05, 0) is 23.2 Å². The molecule has 0 unspecified atom stereocenters. The first-order valence-electron chi connectivity index (χ1n) is 9.51. The second kappa shape index (κ2) is 7.55. The van der Waals surface area contributed by atoms with Crippen molar-refractivity contribution in [1.29, 1.82) is 0 Å². The van der Waals surface area contributed by atoms with Crippen molar-refractivity contribution in [3.63, 3.8) is 0 Å². The number of carbonyl (C=O) groups excluding carboxylic acids is 1. The van der Waals surface area contributed by atoms with Gasteiger partial charge in [-0.25, -0.2) is 0 Å². The topological polar surface area (TPSA) is 49.8 Å².